The number of carboxylic acids is 1. The van der Waals surface area contributed by atoms with Crippen molar-refractivity contribution in [3.05, 3.63) is 48.0 Å². The molecule has 2 atom stereocenters. The molecule has 3 rings (SSSR count). The van der Waals surface area contributed by atoms with Gasteiger partial charge in [0.05, 0.1) is 20.3 Å². The molecule has 2 aromatic carbocycles. The third-order valence-corrected chi connectivity index (χ3v) is 8.38. The first-order chi connectivity index (χ1) is 16.7. The lowest BCUT2D eigenvalue weighted by molar-refractivity contribution is -0.158. The van der Waals surface area contributed by atoms with Gasteiger partial charge in [0.15, 0.2) is 5.60 Å². The summed E-state index contributed by atoms with van der Waals surface area (Å²) in [5.41, 5.74) is -1.61. The summed E-state index contributed by atoms with van der Waals surface area (Å²) < 4.78 is 16.8. The summed E-state index contributed by atoms with van der Waals surface area (Å²) in [6.45, 7) is 13.1. The van der Waals surface area contributed by atoms with Crippen molar-refractivity contribution in [1.82, 2.24) is 4.90 Å². The van der Waals surface area contributed by atoms with Crippen LogP contribution in [0.3, 0.4) is 0 Å². The highest BCUT2D eigenvalue weighted by molar-refractivity contribution is 6.76. The summed E-state index contributed by atoms with van der Waals surface area (Å²) in [4.78, 5) is 39.0. The summed E-state index contributed by atoms with van der Waals surface area (Å²) in [5, 5.41) is 11.9. The lowest BCUT2D eigenvalue weighted by Crippen LogP contribution is -2.51. The van der Waals surface area contributed by atoms with Crippen molar-refractivity contribution in [3.63, 3.8) is 0 Å². The number of ether oxygens (including phenoxy) is 3. The summed E-state index contributed by atoms with van der Waals surface area (Å²) in [7, 11) is 0.122. The average Bonchev–Trinajstić information content (AvgIpc) is 3.10. The van der Waals surface area contributed by atoms with Gasteiger partial charge in [0.2, 0.25) is 0 Å². The number of likely N-dealkylation sites (tertiary alicyclic amines) is 1. The molecule has 2 aromatic rings. The van der Waals surface area contributed by atoms with Crippen molar-refractivity contribution in [2.45, 2.75) is 57.1 Å². The Kier molecular flexibility index (Phi) is 7.55. The van der Waals surface area contributed by atoms with Crippen molar-refractivity contribution in [2.75, 3.05) is 20.3 Å². The van der Waals surface area contributed by atoms with Crippen LogP contribution in [-0.4, -0.2) is 61.9 Å². The first kappa shape index (κ1) is 27.3. The Morgan fingerprint density at radius 2 is 1.86 bits per heavy atom. The second kappa shape index (κ2) is 9.97. The van der Waals surface area contributed by atoms with Gasteiger partial charge in [-0.15, -0.1) is 0 Å². The van der Waals surface area contributed by atoms with E-state index in [2.05, 4.69) is 26.2 Å². The van der Waals surface area contributed by atoms with Crippen LogP contribution in [0.25, 0.3) is 16.8 Å². The molecule has 9 heteroatoms. The van der Waals surface area contributed by atoms with Crippen molar-refractivity contribution in [3.8, 4) is 5.75 Å². The highest BCUT2D eigenvalue weighted by atomic mass is 28.3. The van der Waals surface area contributed by atoms with E-state index in [4.69, 9.17) is 14.2 Å². The Morgan fingerprint density at radius 1 is 1.17 bits per heavy atom. The number of carboxylic acid groups (broad SMARTS) is 1. The number of methoxy groups -OCH3 is 1. The summed E-state index contributed by atoms with van der Waals surface area (Å²) in [6, 6.07) is 10.0. The van der Waals surface area contributed by atoms with E-state index in [0.29, 0.717) is 11.3 Å². The minimum Gasteiger partial charge on any atom is -0.496 e. The van der Waals surface area contributed by atoms with Crippen LogP contribution in [0.2, 0.25) is 25.7 Å². The Balaban J connectivity index is 2.06. The molecular weight excluding hydrogens is 478 g/mol. The molecule has 0 radical (unpaired) electrons. The molecule has 0 bridgehead atoms. The fourth-order valence-corrected chi connectivity index (χ4v) is 5.34. The van der Waals surface area contributed by atoms with Crippen LogP contribution in [0.15, 0.2) is 36.9 Å². The van der Waals surface area contributed by atoms with Crippen molar-refractivity contribution >= 4 is 43.0 Å². The minimum absolute atomic E-state index is 0.117. The maximum Gasteiger partial charge on any atom is 0.410 e. The number of hydrogen-bond acceptors (Lipinski definition) is 6. The van der Waals surface area contributed by atoms with E-state index in [1.165, 1.54) is 18.7 Å². The molecule has 1 saturated heterocycles. The highest BCUT2D eigenvalue weighted by Gasteiger charge is 2.60. The summed E-state index contributed by atoms with van der Waals surface area (Å²) in [6.07, 6.45) is 0.836. The molecule has 1 fully saturated rings. The molecule has 1 amide bonds. The van der Waals surface area contributed by atoms with Gasteiger partial charge in [-0.2, -0.15) is 0 Å². The average molecular weight is 514 g/mol. The standard InChI is InChI=1S/C27H35NO7Si/c1-8-19-13-21-14-22(10-9-20(21)15-23(19)33-4)27(35-18(2)29)16-26(3,24(30)31)28(17-27)25(32)34-11-12-36(5,6)7/h8-10,13-15H,1,11-12,16-17H2,2-7H3,(H,30,31). The summed E-state index contributed by atoms with van der Waals surface area (Å²) in [5.74, 6) is -1.09. The van der Waals surface area contributed by atoms with E-state index in [9.17, 15) is 19.5 Å². The number of esters is 1. The molecule has 0 spiro atoms. The molecule has 8 nitrogen and oxygen atoms in total. The molecule has 0 aromatic heterocycles. The minimum atomic E-state index is -1.63. The van der Waals surface area contributed by atoms with Crippen molar-refractivity contribution < 1.29 is 33.7 Å². The zero-order valence-electron chi connectivity index (χ0n) is 21.8. The van der Waals surface area contributed by atoms with Gasteiger partial charge in [0, 0.05) is 27.0 Å². The first-order valence-corrected chi connectivity index (χ1v) is 15.6. The van der Waals surface area contributed by atoms with E-state index in [1.54, 1.807) is 19.3 Å². The Bertz CT molecular complexity index is 1200. The van der Waals surface area contributed by atoms with Gasteiger partial charge in [-0.05, 0) is 47.5 Å². The number of hydrogen-bond donors (Lipinski definition) is 1. The normalized spacial score (nSPS) is 21.8. The smallest absolute Gasteiger partial charge is 0.410 e. The topological polar surface area (TPSA) is 102 Å². The van der Waals surface area contributed by atoms with E-state index in [0.717, 1.165) is 22.4 Å². The Hall–Kier alpha value is -3.33. The molecule has 1 heterocycles. The lowest BCUT2D eigenvalue weighted by Gasteiger charge is -2.29. The van der Waals surface area contributed by atoms with Gasteiger partial charge in [-0.3, -0.25) is 9.69 Å². The van der Waals surface area contributed by atoms with Crippen LogP contribution >= 0.6 is 0 Å². The maximum absolute atomic E-state index is 13.1. The van der Waals surface area contributed by atoms with Crippen LogP contribution in [-0.2, 0) is 24.7 Å². The van der Waals surface area contributed by atoms with Crippen molar-refractivity contribution in [2.24, 2.45) is 0 Å². The van der Waals surface area contributed by atoms with Crippen LogP contribution in [0.1, 0.15) is 31.4 Å². The fourth-order valence-electron chi connectivity index (χ4n) is 4.63. The largest absolute Gasteiger partial charge is 0.496 e. The van der Waals surface area contributed by atoms with Crippen LogP contribution in [0.4, 0.5) is 4.79 Å². The maximum atomic E-state index is 13.1. The highest BCUT2D eigenvalue weighted by Crippen LogP contribution is 2.46. The Labute approximate surface area is 212 Å². The van der Waals surface area contributed by atoms with E-state index >= 15 is 0 Å². The number of benzene rings is 2. The Morgan fingerprint density at radius 3 is 2.42 bits per heavy atom. The lowest BCUT2D eigenvalue weighted by atomic mass is 9.84. The zero-order chi connectivity index (χ0) is 26.9. The molecule has 194 valence electrons. The molecule has 0 aliphatic carbocycles. The van der Waals surface area contributed by atoms with Crippen LogP contribution in [0, 0.1) is 0 Å². The zero-order valence-corrected chi connectivity index (χ0v) is 22.8. The number of carbonyl (C=O) groups is 3. The predicted octanol–water partition coefficient (Wildman–Crippen LogP) is 5.27. The van der Waals surface area contributed by atoms with E-state index in [-0.39, 0.29) is 19.6 Å². The molecule has 36 heavy (non-hydrogen) atoms. The number of nitrogens with zero attached hydrogens (tertiary/aromatic N) is 1. The fraction of sp³-hybridized carbons (Fsp3) is 0.444. The SMILES string of the molecule is C=Cc1cc2cc(C3(OC(C)=O)CN(C(=O)OCC[Si](C)(C)C)C(C)(C(=O)O)C3)ccc2cc1OC. The first-order valence-electron chi connectivity index (χ1n) is 11.9. The monoisotopic (exact) mass is 513 g/mol. The van der Waals surface area contributed by atoms with E-state index in [1.807, 2.05) is 24.3 Å². The molecule has 0 saturated carbocycles. The second-order valence-electron chi connectivity index (χ2n) is 10.7. The third kappa shape index (κ3) is 5.40. The van der Waals surface area contributed by atoms with Gasteiger partial charge in [0.1, 0.15) is 11.3 Å². The van der Waals surface area contributed by atoms with Gasteiger partial charge in [-0.25, -0.2) is 9.59 Å². The number of rotatable bonds is 8. The molecular formula is C27H35NO7Si. The van der Waals surface area contributed by atoms with Crippen LogP contribution < -0.4 is 4.74 Å². The number of carbonyl (C=O) groups excluding carboxylic acids is 2. The third-order valence-electron chi connectivity index (χ3n) is 6.67. The molecule has 1 aliphatic rings. The van der Waals surface area contributed by atoms with Gasteiger partial charge >= 0.3 is 18.0 Å². The van der Waals surface area contributed by atoms with Crippen molar-refractivity contribution in [1.29, 1.82) is 0 Å². The van der Waals surface area contributed by atoms with Gasteiger partial charge < -0.3 is 19.3 Å². The molecule has 1 N–H and O–H groups in total. The summed E-state index contributed by atoms with van der Waals surface area (Å²) >= 11 is 0. The number of fused-ring (bicyclic) bond motifs is 1. The van der Waals surface area contributed by atoms with Gasteiger partial charge in [-0.1, -0.05) is 44.4 Å². The van der Waals surface area contributed by atoms with Gasteiger partial charge in [0.25, 0.3) is 0 Å². The number of aliphatic carboxylic acids is 1. The number of amides is 1. The van der Waals surface area contributed by atoms with Crippen LogP contribution in [0.5, 0.6) is 5.75 Å². The predicted molar refractivity (Wildman–Crippen MR) is 141 cm³/mol. The molecule has 1 aliphatic heterocycles. The molecule has 2 unspecified atom stereocenters. The second-order valence-corrected chi connectivity index (χ2v) is 16.3. The quantitative estimate of drug-likeness (QED) is 0.379. The van der Waals surface area contributed by atoms with E-state index < -0.39 is 37.2 Å².